The highest BCUT2D eigenvalue weighted by atomic mass is 16.1. The summed E-state index contributed by atoms with van der Waals surface area (Å²) in [6.07, 6.45) is 8.95. The molecule has 1 heterocycles. The molecule has 4 rings (SSSR count). The summed E-state index contributed by atoms with van der Waals surface area (Å²) in [5.41, 5.74) is 4.23. The zero-order valence-corrected chi connectivity index (χ0v) is 19.0. The molecule has 5 heteroatoms. The number of fused-ring (bicyclic) bond motifs is 1. The van der Waals surface area contributed by atoms with Gasteiger partial charge in [-0.15, -0.1) is 0 Å². The van der Waals surface area contributed by atoms with Crippen LogP contribution in [0.4, 0.5) is 0 Å². The zero-order chi connectivity index (χ0) is 22.3. The van der Waals surface area contributed by atoms with Gasteiger partial charge < -0.3 is 9.88 Å². The number of amides is 1. The van der Waals surface area contributed by atoms with E-state index in [2.05, 4.69) is 29.4 Å². The Balaban J connectivity index is 1.52. The van der Waals surface area contributed by atoms with E-state index < -0.39 is 0 Å². The van der Waals surface area contributed by atoms with Crippen LogP contribution in [0.2, 0.25) is 0 Å². The minimum Gasteiger partial charge on any atom is -0.353 e. The quantitative estimate of drug-likeness (QED) is 0.603. The molecule has 1 N–H and O–H groups in total. The fourth-order valence-corrected chi connectivity index (χ4v) is 4.66. The maximum atomic E-state index is 13.4. The monoisotopic (exact) mass is 431 g/mol. The normalized spacial score (nSPS) is 15.3. The Morgan fingerprint density at radius 1 is 1.00 bits per heavy atom. The van der Waals surface area contributed by atoms with E-state index in [1.807, 2.05) is 36.4 Å². The summed E-state index contributed by atoms with van der Waals surface area (Å²) >= 11 is 0. The maximum absolute atomic E-state index is 13.4. The molecule has 168 valence electrons. The summed E-state index contributed by atoms with van der Waals surface area (Å²) in [5, 5.41) is 3.20. The number of aromatic nitrogens is 2. The van der Waals surface area contributed by atoms with Crippen LogP contribution >= 0.6 is 0 Å². The topological polar surface area (TPSA) is 64.0 Å². The standard InChI is InChI=1S/C27H33N3O2/c1-20-11-7-8-12-21(20)19-30-25-16-10-9-15-23(25)29-24(27(30)32)17-18-26(31)28-22-13-5-3-2-4-6-14-22/h7-12,15-16,22H,2-6,13-14,17-19H2,1H3,(H,28,31). The number of rotatable bonds is 6. The Bertz CT molecular complexity index is 1130. The van der Waals surface area contributed by atoms with Gasteiger partial charge in [-0.3, -0.25) is 9.59 Å². The third-order valence-electron chi connectivity index (χ3n) is 6.57. The number of benzene rings is 2. The second kappa shape index (κ2) is 10.6. The molecule has 1 aliphatic carbocycles. The van der Waals surface area contributed by atoms with Crippen molar-refractivity contribution in [2.45, 2.75) is 77.3 Å². The molecule has 0 saturated heterocycles. The van der Waals surface area contributed by atoms with Crippen molar-refractivity contribution < 1.29 is 4.79 Å². The van der Waals surface area contributed by atoms with E-state index in [0.717, 1.165) is 35.0 Å². The number of nitrogens with zero attached hydrogens (tertiary/aromatic N) is 2. The molecule has 1 aliphatic rings. The number of hydrogen-bond donors (Lipinski definition) is 1. The van der Waals surface area contributed by atoms with Crippen molar-refractivity contribution in [3.63, 3.8) is 0 Å². The van der Waals surface area contributed by atoms with E-state index in [4.69, 9.17) is 0 Å². The van der Waals surface area contributed by atoms with Crippen LogP contribution in [0.5, 0.6) is 0 Å². The summed E-state index contributed by atoms with van der Waals surface area (Å²) in [4.78, 5) is 30.6. The molecule has 0 spiro atoms. The second-order valence-electron chi connectivity index (χ2n) is 8.97. The highest BCUT2D eigenvalue weighted by Gasteiger charge is 2.16. The maximum Gasteiger partial charge on any atom is 0.273 e. The molecule has 0 bridgehead atoms. The number of nitrogens with one attached hydrogen (secondary N) is 1. The lowest BCUT2D eigenvalue weighted by Gasteiger charge is -2.21. The van der Waals surface area contributed by atoms with Crippen LogP contribution < -0.4 is 10.9 Å². The molecular formula is C27H33N3O2. The fraction of sp³-hybridized carbons (Fsp3) is 0.444. The number of para-hydroxylation sites is 2. The summed E-state index contributed by atoms with van der Waals surface area (Å²) in [5.74, 6) is 0.0235. The highest BCUT2D eigenvalue weighted by Crippen LogP contribution is 2.18. The van der Waals surface area contributed by atoms with Crippen molar-refractivity contribution in [2.24, 2.45) is 0 Å². The third-order valence-corrected chi connectivity index (χ3v) is 6.57. The zero-order valence-electron chi connectivity index (χ0n) is 19.0. The molecular weight excluding hydrogens is 398 g/mol. The van der Waals surface area contributed by atoms with Crippen molar-refractivity contribution in [1.29, 1.82) is 0 Å². The lowest BCUT2D eigenvalue weighted by Crippen LogP contribution is -2.36. The summed E-state index contributed by atoms with van der Waals surface area (Å²) in [7, 11) is 0. The Labute approximate surface area is 189 Å². The predicted octanol–water partition coefficient (Wildman–Crippen LogP) is 4.91. The molecule has 1 saturated carbocycles. The van der Waals surface area contributed by atoms with Crippen LogP contribution in [-0.4, -0.2) is 21.5 Å². The highest BCUT2D eigenvalue weighted by molar-refractivity contribution is 5.77. The first-order valence-corrected chi connectivity index (χ1v) is 11.9. The third kappa shape index (κ3) is 5.45. The van der Waals surface area contributed by atoms with Crippen molar-refractivity contribution >= 4 is 16.9 Å². The first kappa shape index (κ1) is 22.3. The SMILES string of the molecule is Cc1ccccc1Cn1c(=O)c(CCC(=O)NC2CCCCCCC2)nc2ccccc21. The number of carbonyl (C=O) groups is 1. The molecule has 1 amide bonds. The first-order chi connectivity index (χ1) is 15.6. The van der Waals surface area contributed by atoms with E-state index in [1.54, 1.807) is 4.57 Å². The molecule has 32 heavy (non-hydrogen) atoms. The minimum atomic E-state index is -0.106. The van der Waals surface area contributed by atoms with Gasteiger partial charge in [-0.2, -0.15) is 0 Å². The Hall–Kier alpha value is -2.95. The van der Waals surface area contributed by atoms with Crippen molar-refractivity contribution in [3.8, 4) is 0 Å². The lowest BCUT2D eigenvalue weighted by atomic mass is 9.96. The first-order valence-electron chi connectivity index (χ1n) is 11.9. The Kier molecular flexibility index (Phi) is 7.35. The summed E-state index contributed by atoms with van der Waals surface area (Å²) in [6, 6.07) is 16.1. The van der Waals surface area contributed by atoms with Crippen LogP contribution in [-0.2, 0) is 17.8 Å². The second-order valence-corrected chi connectivity index (χ2v) is 8.97. The summed E-state index contributed by atoms with van der Waals surface area (Å²) < 4.78 is 1.80. The van der Waals surface area contributed by atoms with E-state index in [1.165, 1.54) is 32.1 Å². The molecule has 1 aromatic heterocycles. The predicted molar refractivity (Wildman–Crippen MR) is 129 cm³/mol. The van der Waals surface area contributed by atoms with Crippen molar-refractivity contribution in [3.05, 3.63) is 75.7 Å². The molecule has 2 aromatic carbocycles. The van der Waals surface area contributed by atoms with Crippen molar-refractivity contribution in [1.82, 2.24) is 14.9 Å². The van der Waals surface area contributed by atoms with Crippen LogP contribution in [0.3, 0.4) is 0 Å². The van der Waals surface area contributed by atoms with E-state index in [0.29, 0.717) is 25.1 Å². The fourth-order valence-electron chi connectivity index (χ4n) is 4.66. The molecule has 0 unspecified atom stereocenters. The van der Waals surface area contributed by atoms with Gasteiger partial charge in [-0.25, -0.2) is 4.98 Å². The lowest BCUT2D eigenvalue weighted by molar-refractivity contribution is -0.121. The van der Waals surface area contributed by atoms with Gasteiger partial charge in [0.25, 0.3) is 5.56 Å². The number of aryl methyl sites for hydroxylation is 2. The molecule has 1 fully saturated rings. The van der Waals surface area contributed by atoms with Gasteiger partial charge in [-0.1, -0.05) is 68.5 Å². The molecule has 3 aromatic rings. The van der Waals surface area contributed by atoms with E-state index in [9.17, 15) is 9.59 Å². The van der Waals surface area contributed by atoms with Gasteiger partial charge in [0.2, 0.25) is 5.91 Å². The Morgan fingerprint density at radius 2 is 1.69 bits per heavy atom. The van der Waals surface area contributed by atoms with Gasteiger partial charge in [0.15, 0.2) is 0 Å². The van der Waals surface area contributed by atoms with Gasteiger partial charge in [0, 0.05) is 18.9 Å². The van der Waals surface area contributed by atoms with E-state index >= 15 is 0 Å². The average Bonchev–Trinajstić information content (AvgIpc) is 2.77. The van der Waals surface area contributed by atoms with E-state index in [-0.39, 0.29) is 17.5 Å². The minimum absolute atomic E-state index is 0.0235. The van der Waals surface area contributed by atoms with Crippen LogP contribution in [0.1, 0.15) is 68.2 Å². The van der Waals surface area contributed by atoms with Gasteiger partial charge in [-0.05, 0) is 43.0 Å². The molecule has 0 radical (unpaired) electrons. The average molecular weight is 432 g/mol. The van der Waals surface area contributed by atoms with Gasteiger partial charge in [0.1, 0.15) is 5.69 Å². The molecule has 5 nitrogen and oxygen atoms in total. The largest absolute Gasteiger partial charge is 0.353 e. The van der Waals surface area contributed by atoms with Crippen molar-refractivity contribution in [2.75, 3.05) is 0 Å². The summed E-state index contributed by atoms with van der Waals surface area (Å²) in [6.45, 7) is 2.56. The van der Waals surface area contributed by atoms with Gasteiger partial charge >= 0.3 is 0 Å². The van der Waals surface area contributed by atoms with Gasteiger partial charge in [0.05, 0.1) is 17.6 Å². The Morgan fingerprint density at radius 3 is 2.47 bits per heavy atom. The molecule has 0 aliphatic heterocycles. The molecule has 0 atom stereocenters. The van der Waals surface area contributed by atoms with Crippen LogP contribution in [0, 0.1) is 6.92 Å². The van der Waals surface area contributed by atoms with Crippen LogP contribution in [0.25, 0.3) is 11.0 Å². The van der Waals surface area contributed by atoms with Crippen LogP contribution in [0.15, 0.2) is 53.3 Å². The number of hydrogen-bond acceptors (Lipinski definition) is 3. The number of carbonyl (C=O) groups excluding carboxylic acids is 1. The smallest absolute Gasteiger partial charge is 0.273 e.